The van der Waals surface area contributed by atoms with Gasteiger partial charge >= 0.3 is 0 Å². The number of carbonyl (C=O) groups is 1. The van der Waals surface area contributed by atoms with Crippen molar-refractivity contribution in [3.8, 4) is 0 Å². The lowest BCUT2D eigenvalue weighted by Crippen LogP contribution is -2.40. The van der Waals surface area contributed by atoms with Gasteiger partial charge in [-0.05, 0) is 30.7 Å². The van der Waals surface area contributed by atoms with Crippen LogP contribution >= 0.6 is 0 Å². The Morgan fingerprint density at radius 2 is 2.08 bits per heavy atom. The summed E-state index contributed by atoms with van der Waals surface area (Å²) in [7, 11) is 0. The van der Waals surface area contributed by atoms with Crippen molar-refractivity contribution in [2.45, 2.75) is 50.7 Å². The van der Waals surface area contributed by atoms with E-state index >= 15 is 0 Å². The maximum atomic E-state index is 12.6. The molecule has 1 saturated carbocycles. The van der Waals surface area contributed by atoms with Crippen LogP contribution in [0.2, 0.25) is 0 Å². The van der Waals surface area contributed by atoms with Crippen molar-refractivity contribution in [2.24, 2.45) is 5.92 Å². The van der Waals surface area contributed by atoms with Gasteiger partial charge in [-0.1, -0.05) is 43.2 Å². The second kappa shape index (κ2) is 6.77. The molecule has 3 unspecified atom stereocenters. The molecule has 2 heterocycles. The zero-order chi connectivity index (χ0) is 16.4. The number of amides is 1. The molecule has 5 nitrogen and oxygen atoms in total. The summed E-state index contributed by atoms with van der Waals surface area (Å²) in [5.41, 5.74) is 1.19. The molecule has 1 aromatic carbocycles. The molecule has 126 valence electrons. The molecule has 4 rings (SSSR count). The van der Waals surface area contributed by atoms with Gasteiger partial charge in [0, 0.05) is 18.4 Å². The molecule has 3 atom stereocenters. The number of imidazole rings is 1. The highest BCUT2D eigenvalue weighted by Crippen LogP contribution is 2.33. The molecule has 1 amide bonds. The van der Waals surface area contributed by atoms with Crippen molar-refractivity contribution in [1.82, 2.24) is 14.9 Å². The lowest BCUT2D eigenvalue weighted by molar-refractivity contribution is -0.118. The van der Waals surface area contributed by atoms with Crippen molar-refractivity contribution < 1.29 is 4.79 Å². The predicted molar refractivity (Wildman–Crippen MR) is 93.7 cm³/mol. The fourth-order valence-corrected chi connectivity index (χ4v) is 4.06. The zero-order valence-electron chi connectivity index (χ0n) is 13.8. The number of nitrogens with one attached hydrogen (secondary N) is 2. The van der Waals surface area contributed by atoms with Gasteiger partial charge in [-0.3, -0.25) is 10.1 Å². The van der Waals surface area contributed by atoms with Crippen LogP contribution in [0.4, 0.5) is 5.95 Å². The zero-order valence-corrected chi connectivity index (χ0v) is 13.8. The van der Waals surface area contributed by atoms with Crippen LogP contribution in [0.15, 0.2) is 42.7 Å². The summed E-state index contributed by atoms with van der Waals surface area (Å²) in [6.45, 7) is 0.708. The third-order valence-electron chi connectivity index (χ3n) is 5.33. The molecule has 2 N–H and O–H groups in total. The van der Waals surface area contributed by atoms with Crippen LogP contribution in [0.5, 0.6) is 0 Å². The van der Waals surface area contributed by atoms with E-state index in [1.54, 1.807) is 6.20 Å². The number of rotatable bonds is 4. The number of benzene rings is 1. The minimum absolute atomic E-state index is 0.0462. The number of nitrogens with zero attached hydrogens (tertiary/aromatic N) is 2. The molecule has 5 heteroatoms. The van der Waals surface area contributed by atoms with Gasteiger partial charge < -0.3 is 9.88 Å². The number of fused-ring (bicyclic) bond motifs is 1. The Labute approximate surface area is 142 Å². The quantitative estimate of drug-likeness (QED) is 0.909. The van der Waals surface area contributed by atoms with E-state index in [9.17, 15) is 4.79 Å². The van der Waals surface area contributed by atoms with E-state index in [4.69, 9.17) is 0 Å². The molecule has 1 aromatic heterocycles. The number of aromatic nitrogens is 2. The van der Waals surface area contributed by atoms with E-state index in [2.05, 4.69) is 27.8 Å². The molecule has 2 aliphatic rings. The second-order valence-electron chi connectivity index (χ2n) is 6.96. The largest absolute Gasteiger partial charge is 0.313 e. The van der Waals surface area contributed by atoms with Crippen molar-refractivity contribution in [3.05, 3.63) is 48.3 Å². The highest BCUT2D eigenvalue weighted by Gasteiger charge is 2.38. The first-order valence-electron chi connectivity index (χ1n) is 8.91. The van der Waals surface area contributed by atoms with Crippen LogP contribution in [0.3, 0.4) is 0 Å². The summed E-state index contributed by atoms with van der Waals surface area (Å²) in [5, 5.41) is 6.54. The van der Waals surface area contributed by atoms with Crippen LogP contribution < -0.4 is 10.6 Å². The summed E-state index contributed by atoms with van der Waals surface area (Å²) in [4.78, 5) is 17.0. The Bertz CT molecular complexity index is 682. The monoisotopic (exact) mass is 324 g/mol. The first-order chi connectivity index (χ1) is 11.8. The van der Waals surface area contributed by atoms with Crippen LogP contribution in [-0.2, 0) is 11.3 Å². The molecule has 24 heavy (non-hydrogen) atoms. The fraction of sp³-hybridized carbons (Fsp3) is 0.474. The van der Waals surface area contributed by atoms with Crippen LogP contribution in [0.25, 0.3) is 0 Å². The Morgan fingerprint density at radius 1 is 1.25 bits per heavy atom. The molecule has 0 spiro atoms. The highest BCUT2D eigenvalue weighted by molar-refractivity contribution is 5.93. The van der Waals surface area contributed by atoms with E-state index < -0.39 is 0 Å². The van der Waals surface area contributed by atoms with Gasteiger partial charge in [0.05, 0.1) is 12.6 Å². The summed E-state index contributed by atoms with van der Waals surface area (Å²) in [6.07, 6.45) is 9.64. The molecular weight excluding hydrogens is 300 g/mol. The maximum absolute atomic E-state index is 12.6. The highest BCUT2D eigenvalue weighted by atomic mass is 16.2. The van der Waals surface area contributed by atoms with Gasteiger partial charge in [-0.25, -0.2) is 4.98 Å². The molecule has 1 aliphatic carbocycles. The Balaban J connectivity index is 1.41. The molecule has 2 fully saturated rings. The number of hydrogen-bond acceptors (Lipinski definition) is 3. The predicted octanol–water partition coefficient (Wildman–Crippen LogP) is 2.79. The van der Waals surface area contributed by atoms with Gasteiger partial charge in [0.15, 0.2) is 0 Å². The van der Waals surface area contributed by atoms with E-state index in [1.165, 1.54) is 31.2 Å². The average Bonchev–Trinajstić information content (AvgIpc) is 3.23. The smallest absolute Gasteiger partial charge is 0.243 e. The molecule has 0 radical (unpaired) electrons. The van der Waals surface area contributed by atoms with E-state index in [0.29, 0.717) is 24.5 Å². The number of hydrogen-bond donors (Lipinski definition) is 2. The third-order valence-corrected chi connectivity index (χ3v) is 5.33. The van der Waals surface area contributed by atoms with Crippen LogP contribution in [0.1, 0.15) is 37.7 Å². The third kappa shape index (κ3) is 3.22. The lowest BCUT2D eigenvalue weighted by atomic mass is 9.85. The van der Waals surface area contributed by atoms with Gasteiger partial charge in [0.1, 0.15) is 0 Å². The van der Waals surface area contributed by atoms with Gasteiger partial charge in [0.25, 0.3) is 0 Å². The molecule has 0 bridgehead atoms. The SMILES string of the molecule is O=C(Nc1nccn1Cc1ccccc1)C1CC2CCCCC2N1. The fourth-order valence-electron chi connectivity index (χ4n) is 4.06. The normalized spacial score (nSPS) is 26.1. The Kier molecular flexibility index (Phi) is 4.34. The molecular formula is C19H24N4O. The topological polar surface area (TPSA) is 59.0 Å². The van der Waals surface area contributed by atoms with Crippen molar-refractivity contribution in [3.63, 3.8) is 0 Å². The van der Waals surface area contributed by atoms with Crippen LogP contribution in [-0.4, -0.2) is 27.5 Å². The second-order valence-corrected chi connectivity index (χ2v) is 6.96. The molecule has 1 saturated heterocycles. The Hall–Kier alpha value is -2.14. The van der Waals surface area contributed by atoms with Gasteiger partial charge in [0.2, 0.25) is 11.9 Å². The van der Waals surface area contributed by atoms with E-state index in [0.717, 1.165) is 6.42 Å². The number of anilines is 1. The minimum atomic E-state index is -0.0834. The van der Waals surface area contributed by atoms with Gasteiger partial charge in [-0.15, -0.1) is 0 Å². The minimum Gasteiger partial charge on any atom is -0.313 e. The van der Waals surface area contributed by atoms with Crippen molar-refractivity contribution >= 4 is 11.9 Å². The summed E-state index contributed by atoms with van der Waals surface area (Å²) >= 11 is 0. The standard InChI is InChI=1S/C19H24N4O/c24-18(17-12-15-8-4-5-9-16(15)21-17)22-19-20-10-11-23(19)13-14-6-2-1-3-7-14/h1-3,6-7,10-11,15-17,21H,4-5,8-9,12-13H2,(H,20,22,24). The van der Waals surface area contributed by atoms with Crippen molar-refractivity contribution in [1.29, 1.82) is 0 Å². The summed E-state index contributed by atoms with van der Waals surface area (Å²) in [6, 6.07) is 10.6. The van der Waals surface area contributed by atoms with Crippen molar-refractivity contribution in [2.75, 3.05) is 5.32 Å². The Morgan fingerprint density at radius 3 is 2.92 bits per heavy atom. The van der Waals surface area contributed by atoms with E-state index in [-0.39, 0.29) is 11.9 Å². The average molecular weight is 324 g/mol. The first kappa shape index (κ1) is 15.4. The molecule has 1 aliphatic heterocycles. The summed E-state index contributed by atoms with van der Waals surface area (Å²) < 4.78 is 1.98. The summed E-state index contributed by atoms with van der Waals surface area (Å²) in [5.74, 6) is 1.34. The van der Waals surface area contributed by atoms with Crippen LogP contribution in [0, 0.1) is 5.92 Å². The number of carbonyl (C=O) groups excluding carboxylic acids is 1. The maximum Gasteiger partial charge on any atom is 0.243 e. The molecule has 2 aromatic rings. The van der Waals surface area contributed by atoms with E-state index in [1.807, 2.05) is 29.0 Å². The van der Waals surface area contributed by atoms with Gasteiger partial charge in [-0.2, -0.15) is 0 Å². The first-order valence-corrected chi connectivity index (χ1v) is 8.91. The lowest BCUT2D eigenvalue weighted by Gasteiger charge is -2.24.